The van der Waals surface area contributed by atoms with Gasteiger partial charge in [-0.3, -0.25) is 14.4 Å². The predicted molar refractivity (Wildman–Crippen MR) is 122 cm³/mol. The van der Waals surface area contributed by atoms with Crippen LogP contribution in [-0.2, 0) is 9.59 Å². The average molecular weight is 456 g/mol. The molecule has 2 N–H and O–H groups in total. The van der Waals surface area contributed by atoms with Crippen LogP contribution < -0.4 is 5.32 Å². The van der Waals surface area contributed by atoms with Gasteiger partial charge in [0.05, 0.1) is 17.8 Å². The van der Waals surface area contributed by atoms with E-state index in [1.165, 1.54) is 9.80 Å². The van der Waals surface area contributed by atoms with Gasteiger partial charge < -0.3 is 20.2 Å². The Morgan fingerprint density at radius 2 is 1.75 bits per heavy atom. The van der Waals surface area contributed by atoms with Gasteiger partial charge in [-0.15, -0.1) is 0 Å². The van der Waals surface area contributed by atoms with Crippen molar-refractivity contribution in [1.82, 2.24) is 9.80 Å². The number of nitrogens with zero attached hydrogens (tertiary/aromatic N) is 2. The SMILES string of the molecule is CC(C)(C)C(O)C(=O)N1CCN2C(=O)c3cc(-c4ccc(Cl)cc4)ccc3NC(=O)C2C1. The lowest BCUT2D eigenvalue weighted by molar-refractivity contribution is -0.149. The normalized spacial score (nSPS) is 19.6. The third kappa shape index (κ3) is 4.10. The Labute approximate surface area is 192 Å². The highest BCUT2D eigenvalue weighted by Crippen LogP contribution is 2.31. The summed E-state index contributed by atoms with van der Waals surface area (Å²) in [6, 6.07) is 11.8. The summed E-state index contributed by atoms with van der Waals surface area (Å²) in [5.41, 5.74) is 1.97. The summed E-state index contributed by atoms with van der Waals surface area (Å²) >= 11 is 5.98. The van der Waals surface area contributed by atoms with E-state index in [1.807, 2.05) is 18.2 Å². The fraction of sp³-hybridized carbons (Fsp3) is 0.375. The highest BCUT2D eigenvalue weighted by atomic mass is 35.5. The number of carbonyl (C=O) groups is 3. The molecular weight excluding hydrogens is 430 g/mol. The van der Waals surface area contributed by atoms with Crippen molar-refractivity contribution in [3.05, 3.63) is 53.1 Å². The largest absolute Gasteiger partial charge is 0.383 e. The van der Waals surface area contributed by atoms with Gasteiger partial charge in [0.25, 0.3) is 11.8 Å². The molecule has 1 fully saturated rings. The van der Waals surface area contributed by atoms with E-state index in [2.05, 4.69) is 5.32 Å². The monoisotopic (exact) mass is 455 g/mol. The fourth-order valence-corrected chi connectivity index (χ4v) is 4.14. The molecule has 0 bridgehead atoms. The summed E-state index contributed by atoms with van der Waals surface area (Å²) in [6.45, 7) is 5.85. The van der Waals surface area contributed by atoms with Crippen molar-refractivity contribution < 1.29 is 19.5 Å². The molecule has 0 spiro atoms. The molecule has 2 aromatic rings. The summed E-state index contributed by atoms with van der Waals surface area (Å²) in [5.74, 6) is -1.04. The zero-order chi connectivity index (χ0) is 23.2. The van der Waals surface area contributed by atoms with Crippen LogP contribution in [0.3, 0.4) is 0 Å². The number of nitrogens with one attached hydrogen (secondary N) is 1. The van der Waals surface area contributed by atoms with Crippen LogP contribution in [0.25, 0.3) is 11.1 Å². The number of aliphatic hydroxyl groups excluding tert-OH is 1. The summed E-state index contributed by atoms with van der Waals surface area (Å²) in [5, 5.41) is 13.9. The average Bonchev–Trinajstić information content (AvgIpc) is 2.86. The first-order valence-electron chi connectivity index (χ1n) is 10.5. The molecular formula is C24H26ClN3O4. The molecule has 0 saturated carbocycles. The topological polar surface area (TPSA) is 89.9 Å². The van der Waals surface area contributed by atoms with Gasteiger partial charge in [-0.1, -0.05) is 50.6 Å². The molecule has 3 amide bonds. The molecule has 32 heavy (non-hydrogen) atoms. The Morgan fingerprint density at radius 1 is 1.09 bits per heavy atom. The zero-order valence-corrected chi connectivity index (χ0v) is 19.0. The Kier molecular flexibility index (Phi) is 5.73. The molecule has 2 atom stereocenters. The maximum atomic E-state index is 13.4. The standard InChI is InChI=1S/C24H26ClN3O4/c1-24(2,3)20(29)23(32)27-10-11-28-19(13-27)21(30)26-18-9-6-15(12-17(18)22(28)31)14-4-7-16(25)8-5-14/h4-9,12,19-20,29H,10-11,13H2,1-3H3,(H,26,30). The van der Waals surface area contributed by atoms with Gasteiger partial charge in [0.15, 0.2) is 0 Å². The highest BCUT2D eigenvalue weighted by Gasteiger charge is 2.42. The number of hydrogen-bond donors (Lipinski definition) is 2. The van der Waals surface area contributed by atoms with E-state index in [4.69, 9.17) is 11.6 Å². The number of rotatable bonds is 2. The number of anilines is 1. The number of halogens is 1. The number of hydrogen-bond acceptors (Lipinski definition) is 4. The quantitative estimate of drug-likeness (QED) is 0.728. The van der Waals surface area contributed by atoms with E-state index < -0.39 is 23.5 Å². The molecule has 7 nitrogen and oxygen atoms in total. The Bertz CT molecular complexity index is 1080. The molecule has 2 aliphatic rings. The van der Waals surface area contributed by atoms with Crippen LogP contribution in [0.4, 0.5) is 5.69 Å². The summed E-state index contributed by atoms with van der Waals surface area (Å²) in [4.78, 5) is 42.1. The van der Waals surface area contributed by atoms with Crippen molar-refractivity contribution in [2.75, 3.05) is 25.0 Å². The number of carbonyl (C=O) groups excluding carboxylic acids is 3. The first-order chi connectivity index (χ1) is 15.1. The molecule has 2 aliphatic heterocycles. The van der Waals surface area contributed by atoms with Crippen molar-refractivity contribution in [2.45, 2.75) is 32.9 Å². The fourth-order valence-electron chi connectivity index (χ4n) is 4.02. The Balaban J connectivity index is 1.61. The molecule has 168 valence electrons. The molecule has 0 aromatic heterocycles. The second kappa shape index (κ2) is 8.22. The van der Waals surface area contributed by atoms with E-state index in [9.17, 15) is 19.5 Å². The van der Waals surface area contributed by atoms with Crippen LogP contribution in [0.1, 0.15) is 31.1 Å². The Morgan fingerprint density at radius 3 is 2.41 bits per heavy atom. The summed E-state index contributed by atoms with van der Waals surface area (Å²) < 4.78 is 0. The molecule has 8 heteroatoms. The molecule has 4 rings (SSSR count). The summed E-state index contributed by atoms with van der Waals surface area (Å²) in [6.07, 6.45) is -1.18. The molecule has 2 aromatic carbocycles. The first kappa shape index (κ1) is 22.3. The van der Waals surface area contributed by atoms with E-state index in [-0.39, 0.29) is 31.4 Å². The number of fused-ring (bicyclic) bond motifs is 2. The van der Waals surface area contributed by atoms with Crippen molar-refractivity contribution in [2.24, 2.45) is 5.41 Å². The number of piperazine rings is 1. The third-order valence-electron chi connectivity index (χ3n) is 6.00. The smallest absolute Gasteiger partial charge is 0.256 e. The number of aliphatic hydroxyl groups is 1. The van der Waals surface area contributed by atoms with Crippen molar-refractivity contribution in [3.8, 4) is 11.1 Å². The first-order valence-corrected chi connectivity index (χ1v) is 10.9. The maximum absolute atomic E-state index is 13.4. The minimum atomic E-state index is -1.18. The minimum absolute atomic E-state index is 0.0432. The minimum Gasteiger partial charge on any atom is -0.383 e. The van der Waals surface area contributed by atoms with Gasteiger partial charge in [0.1, 0.15) is 12.1 Å². The van der Waals surface area contributed by atoms with E-state index in [0.717, 1.165) is 11.1 Å². The van der Waals surface area contributed by atoms with Gasteiger partial charge in [0, 0.05) is 18.1 Å². The molecule has 0 aliphatic carbocycles. The lowest BCUT2D eigenvalue weighted by atomic mass is 9.88. The molecule has 2 unspecified atom stereocenters. The lowest BCUT2D eigenvalue weighted by Gasteiger charge is -2.41. The van der Waals surface area contributed by atoms with Crippen molar-refractivity contribution in [3.63, 3.8) is 0 Å². The van der Waals surface area contributed by atoms with Crippen LogP contribution in [0.2, 0.25) is 5.02 Å². The Hall–Kier alpha value is -2.90. The molecule has 2 heterocycles. The van der Waals surface area contributed by atoms with E-state index in [1.54, 1.807) is 45.0 Å². The van der Waals surface area contributed by atoms with Crippen molar-refractivity contribution in [1.29, 1.82) is 0 Å². The van der Waals surface area contributed by atoms with Crippen LogP contribution in [0.5, 0.6) is 0 Å². The second-order valence-corrected chi connectivity index (χ2v) is 9.76. The van der Waals surface area contributed by atoms with Crippen LogP contribution in [0.15, 0.2) is 42.5 Å². The van der Waals surface area contributed by atoms with Crippen LogP contribution >= 0.6 is 11.6 Å². The van der Waals surface area contributed by atoms with Gasteiger partial charge in [0.2, 0.25) is 5.91 Å². The lowest BCUT2D eigenvalue weighted by Crippen LogP contribution is -2.61. The maximum Gasteiger partial charge on any atom is 0.256 e. The zero-order valence-electron chi connectivity index (χ0n) is 18.3. The van der Waals surface area contributed by atoms with Crippen LogP contribution in [0, 0.1) is 5.41 Å². The number of benzene rings is 2. The highest BCUT2D eigenvalue weighted by molar-refractivity contribution is 6.30. The van der Waals surface area contributed by atoms with Gasteiger partial charge in [-0.2, -0.15) is 0 Å². The van der Waals surface area contributed by atoms with Crippen molar-refractivity contribution >= 4 is 35.0 Å². The van der Waals surface area contributed by atoms with Gasteiger partial charge >= 0.3 is 0 Å². The third-order valence-corrected chi connectivity index (χ3v) is 6.25. The van der Waals surface area contributed by atoms with Gasteiger partial charge in [-0.05, 0) is 40.8 Å². The van der Waals surface area contributed by atoms with Gasteiger partial charge in [-0.25, -0.2) is 0 Å². The van der Waals surface area contributed by atoms with E-state index in [0.29, 0.717) is 16.3 Å². The molecule has 1 saturated heterocycles. The predicted octanol–water partition coefficient (Wildman–Crippen LogP) is 3.02. The molecule has 0 radical (unpaired) electrons. The number of amides is 3. The summed E-state index contributed by atoms with van der Waals surface area (Å²) in [7, 11) is 0. The van der Waals surface area contributed by atoms with Crippen LogP contribution in [-0.4, -0.2) is 64.4 Å². The van der Waals surface area contributed by atoms with E-state index >= 15 is 0 Å². The second-order valence-electron chi connectivity index (χ2n) is 9.32.